The largest absolute Gasteiger partial charge is 0.493 e. The molecule has 0 spiro atoms. The van der Waals surface area contributed by atoms with Crippen LogP contribution in [-0.4, -0.2) is 76.1 Å². The second-order valence-electron chi connectivity index (χ2n) is 9.93. The van der Waals surface area contributed by atoms with Crippen molar-refractivity contribution in [2.75, 3.05) is 47.1 Å². The molecule has 2 fully saturated rings. The van der Waals surface area contributed by atoms with Crippen LogP contribution < -0.4 is 19.5 Å². The van der Waals surface area contributed by atoms with E-state index < -0.39 is 7.05 Å². The van der Waals surface area contributed by atoms with Crippen molar-refractivity contribution >= 4 is 7.05 Å². The van der Waals surface area contributed by atoms with Gasteiger partial charge in [-0.3, -0.25) is 0 Å². The first-order chi connectivity index (χ1) is 15.9. The molecule has 186 valence electrons. The summed E-state index contributed by atoms with van der Waals surface area (Å²) >= 11 is 0. The zero-order valence-electron chi connectivity index (χ0n) is 21.1. The third-order valence-electron chi connectivity index (χ3n) is 6.83. The van der Waals surface area contributed by atoms with Crippen LogP contribution in [0.25, 0.3) is 0 Å². The lowest BCUT2D eigenvalue weighted by atomic mass is 9.85. The summed E-state index contributed by atoms with van der Waals surface area (Å²) in [6.07, 6.45) is 4.46. The number of nitrogens with zero attached hydrogens (tertiary/aromatic N) is 1. The Morgan fingerprint density at radius 1 is 1.12 bits per heavy atom. The van der Waals surface area contributed by atoms with Gasteiger partial charge in [0.05, 0.1) is 13.7 Å². The topological polar surface area (TPSA) is 72.4 Å². The van der Waals surface area contributed by atoms with E-state index >= 15 is 0 Å². The van der Waals surface area contributed by atoms with E-state index in [0.717, 1.165) is 38.2 Å². The Bertz CT molecular complexity index is 716. The summed E-state index contributed by atoms with van der Waals surface area (Å²) in [6, 6.07) is 6.50. The highest BCUT2D eigenvalue weighted by molar-refractivity contribution is 6.45. The van der Waals surface area contributed by atoms with E-state index in [9.17, 15) is 5.02 Å². The molecule has 0 unspecified atom stereocenters. The molecule has 2 aliphatic rings. The number of hydrogen-bond acceptors (Lipinski definition) is 7. The van der Waals surface area contributed by atoms with Gasteiger partial charge in [-0.05, 0) is 75.6 Å². The van der Waals surface area contributed by atoms with Gasteiger partial charge in [-0.25, -0.2) is 0 Å². The van der Waals surface area contributed by atoms with Crippen LogP contribution in [0.5, 0.6) is 17.2 Å². The average Bonchev–Trinajstić information content (AvgIpc) is 3.53. The maximum absolute atomic E-state index is 10.2. The monoisotopic (exact) mass is 462 g/mol. The number of hydrogen-bond donors (Lipinski definition) is 2. The van der Waals surface area contributed by atoms with Gasteiger partial charge in [0.2, 0.25) is 0 Å². The van der Waals surface area contributed by atoms with Gasteiger partial charge in [0.1, 0.15) is 11.9 Å². The summed E-state index contributed by atoms with van der Waals surface area (Å²) in [5, 5.41) is 13.9. The summed E-state index contributed by atoms with van der Waals surface area (Å²) in [4.78, 5) is 2.20. The van der Waals surface area contributed by atoms with E-state index in [-0.39, 0.29) is 6.10 Å². The predicted molar refractivity (Wildman–Crippen MR) is 132 cm³/mol. The molecule has 33 heavy (non-hydrogen) atoms. The second-order valence-corrected chi connectivity index (χ2v) is 9.93. The molecule has 1 saturated carbocycles. The molecule has 0 amide bonds. The van der Waals surface area contributed by atoms with Crippen molar-refractivity contribution in [1.29, 1.82) is 0 Å². The second kappa shape index (κ2) is 12.8. The molecule has 7 nitrogen and oxygen atoms in total. The fourth-order valence-corrected chi connectivity index (χ4v) is 4.54. The number of ether oxygens (including phenoxy) is 4. The van der Waals surface area contributed by atoms with E-state index in [4.69, 9.17) is 18.9 Å². The molecule has 0 radical (unpaired) electrons. The molecule has 1 heterocycles. The minimum absolute atomic E-state index is 0.0853. The van der Waals surface area contributed by atoms with Crippen molar-refractivity contribution in [3.05, 3.63) is 18.2 Å². The Kier molecular flexibility index (Phi) is 10.2. The number of nitrogens with one attached hydrogen (secondary N) is 1. The van der Waals surface area contributed by atoms with Gasteiger partial charge in [-0.2, -0.15) is 0 Å². The minimum Gasteiger partial charge on any atom is -0.493 e. The summed E-state index contributed by atoms with van der Waals surface area (Å²) in [7, 11) is 2.94. The molecule has 8 heteroatoms. The van der Waals surface area contributed by atoms with Gasteiger partial charge >= 0.3 is 7.05 Å². The van der Waals surface area contributed by atoms with E-state index in [1.54, 1.807) is 14.2 Å². The quantitative estimate of drug-likeness (QED) is 0.306. The normalized spacial score (nSPS) is 21.9. The van der Waals surface area contributed by atoms with Crippen LogP contribution in [0.2, 0.25) is 6.82 Å². The van der Waals surface area contributed by atoms with Crippen LogP contribution >= 0.6 is 0 Å². The number of methoxy groups -OCH3 is 2. The number of benzene rings is 1. The van der Waals surface area contributed by atoms with Gasteiger partial charge in [-0.1, -0.05) is 13.8 Å². The lowest BCUT2D eigenvalue weighted by Gasteiger charge is -2.28. The molecule has 0 aromatic heterocycles. The Hall–Kier alpha value is -1.48. The summed E-state index contributed by atoms with van der Waals surface area (Å²) in [5.41, 5.74) is 0. The van der Waals surface area contributed by atoms with Crippen molar-refractivity contribution in [2.24, 2.45) is 17.8 Å². The van der Waals surface area contributed by atoms with Crippen LogP contribution in [0.4, 0.5) is 0 Å². The van der Waals surface area contributed by atoms with Crippen molar-refractivity contribution in [1.82, 2.24) is 10.1 Å². The van der Waals surface area contributed by atoms with Gasteiger partial charge in [0.25, 0.3) is 0 Å². The van der Waals surface area contributed by atoms with Gasteiger partial charge in [0.15, 0.2) is 11.5 Å². The van der Waals surface area contributed by atoms with E-state index in [1.807, 2.05) is 25.0 Å². The zero-order chi connectivity index (χ0) is 23.8. The Balaban J connectivity index is 1.65. The van der Waals surface area contributed by atoms with Crippen LogP contribution in [-0.2, 0) is 4.74 Å². The third kappa shape index (κ3) is 8.06. The van der Waals surface area contributed by atoms with E-state index in [1.165, 1.54) is 12.8 Å². The molecule has 1 aromatic carbocycles. The molecular weight excluding hydrogens is 419 g/mol. The minimum atomic E-state index is -0.406. The van der Waals surface area contributed by atoms with Crippen LogP contribution in [0, 0.1) is 17.8 Å². The molecule has 1 aliphatic heterocycles. The van der Waals surface area contributed by atoms with E-state index in [0.29, 0.717) is 48.5 Å². The van der Waals surface area contributed by atoms with Crippen LogP contribution in [0.1, 0.15) is 39.5 Å². The van der Waals surface area contributed by atoms with Gasteiger partial charge < -0.3 is 34.1 Å². The summed E-state index contributed by atoms with van der Waals surface area (Å²) < 4.78 is 23.0. The number of rotatable bonds is 15. The first-order valence-electron chi connectivity index (χ1n) is 12.5. The standard InChI is InChI=1S/C25H43BN2O5/c1-18(2)24(13-19-16-28(26(3)29)17-20(19)15-27-21-7-8-21)33-22-9-10-23(31-5)25(14-22)32-12-6-11-30-4/h9-10,14,18-21,24,27,29H,6-8,11-13,15-17H2,1-5H3/t19-,20-,24+/m1/s1. The lowest BCUT2D eigenvalue weighted by Crippen LogP contribution is -2.36. The third-order valence-corrected chi connectivity index (χ3v) is 6.83. The van der Waals surface area contributed by atoms with Crippen molar-refractivity contribution in [3.8, 4) is 17.2 Å². The lowest BCUT2D eigenvalue weighted by molar-refractivity contribution is 0.114. The summed E-state index contributed by atoms with van der Waals surface area (Å²) in [5.74, 6) is 3.59. The Morgan fingerprint density at radius 3 is 2.52 bits per heavy atom. The van der Waals surface area contributed by atoms with Gasteiger partial charge in [0, 0.05) is 32.2 Å². The van der Waals surface area contributed by atoms with Crippen molar-refractivity contribution < 1.29 is 24.0 Å². The smallest absolute Gasteiger partial charge is 0.376 e. The molecule has 1 saturated heterocycles. The first kappa shape index (κ1) is 26.1. The maximum atomic E-state index is 10.2. The van der Waals surface area contributed by atoms with Crippen LogP contribution in [0.3, 0.4) is 0 Å². The molecule has 1 aromatic rings. The maximum Gasteiger partial charge on any atom is 0.376 e. The molecular formula is C25H43BN2O5. The van der Waals surface area contributed by atoms with Crippen LogP contribution in [0.15, 0.2) is 18.2 Å². The highest BCUT2D eigenvalue weighted by Gasteiger charge is 2.38. The van der Waals surface area contributed by atoms with E-state index in [2.05, 4.69) is 24.0 Å². The van der Waals surface area contributed by atoms with Gasteiger partial charge in [-0.15, -0.1) is 0 Å². The van der Waals surface area contributed by atoms with Crippen molar-refractivity contribution in [3.63, 3.8) is 0 Å². The fraction of sp³-hybridized carbons (Fsp3) is 0.760. The molecule has 3 rings (SSSR count). The highest BCUT2D eigenvalue weighted by atomic mass is 16.5. The summed E-state index contributed by atoms with van der Waals surface area (Å²) in [6.45, 7) is 10.4. The Morgan fingerprint density at radius 2 is 1.88 bits per heavy atom. The molecule has 1 aliphatic carbocycles. The first-order valence-corrected chi connectivity index (χ1v) is 12.5. The average molecular weight is 462 g/mol. The van der Waals surface area contributed by atoms with Crippen molar-refractivity contribution in [2.45, 2.75) is 58.5 Å². The predicted octanol–water partition coefficient (Wildman–Crippen LogP) is 3.31. The fourth-order valence-electron chi connectivity index (χ4n) is 4.54. The Labute approximate surface area is 200 Å². The molecule has 0 bridgehead atoms. The SMILES string of the molecule is COCCCOc1cc(O[C@@H](C[C@@H]2CN(B(C)O)C[C@H]2CNC2CC2)C(C)C)ccc1OC. The molecule has 2 N–H and O–H groups in total. The zero-order valence-corrected chi connectivity index (χ0v) is 21.1. The highest BCUT2D eigenvalue weighted by Crippen LogP contribution is 2.35. The molecule has 3 atom stereocenters.